The number of fused-ring (bicyclic) bond motifs is 2. The lowest BCUT2D eigenvalue weighted by Crippen LogP contribution is -2.02. The highest BCUT2D eigenvalue weighted by atomic mass is 32.2. The molecule has 0 saturated heterocycles. The van der Waals surface area contributed by atoms with Gasteiger partial charge >= 0.3 is 0 Å². The van der Waals surface area contributed by atoms with Crippen LogP contribution in [0.25, 0.3) is 0 Å². The zero-order valence-electron chi connectivity index (χ0n) is 8.95. The summed E-state index contributed by atoms with van der Waals surface area (Å²) >= 11 is 1.79. The summed E-state index contributed by atoms with van der Waals surface area (Å²) in [5, 5.41) is 3.45. The quantitative estimate of drug-likeness (QED) is 0.575. The normalized spacial score (nSPS) is 12.6. The van der Waals surface area contributed by atoms with Gasteiger partial charge in [-0.05, 0) is 36.8 Å². The molecule has 2 aromatic carbocycles. The molecule has 0 fully saturated rings. The highest BCUT2D eigenvalue weighted by Gasteiger charge is 2.16. The van der Waals surface area contributed by atoms with E-state index in [0.717, 1.165) is 11.4 Å². The maximum Gasteiger partial charge on any atom is 0.0556 e. The zero-order valence-corrected chi connectivity index (χ0v) is 9.77. The second-order valence-corrected chi connectivity index (χ2v) is 5.01. The highest BCUT2D eigenvalue weighted by Crippen LogP contribution is 2.45. The van der Waals surface area contributed by atoms with Gasteiger partial charge < -0.3 is 11.1 Å². The Labute approximate surface area is 98.9 Å². The topological polar surface area (TPSA) is 38.0 Å². The Hall–Kier alpha value is -1.61. The fourth-order valence-corrected chi connectivity index (χ4v) is 2.93. The van der Waals surface area contributed by atoms with Crippen LogP contribution < -0.4 is 11.1 Å². The molecule has 2 nitrogen and oxygen atoms in total. The summed E-state index contributed by atoms with van der Waals surface area (Å²) in [5.74, 6) is 0. The van der Waals surface area contributed by atoms with Gasteiger partial charge in [-0.3, -0.25) is 0 Å². The molecule has 0 bridgehead atoms. The number of aryl methyl sites for hydroxylation is 1. The van der Waals surface area contributed by atoms with E-state index >= 15 is 0 Å². The van der Waals surface area contributed by atoms with E-state index in [1.165, 1.54) is 21.0 Å². The predicted molar refractivity (Wildman–Crippen MR) is 69.4 cm³/mol. The molecule has 0 spiro atoms. The fraction of sp³-hybridized carbons (Fsp3) is 0.0769. The van der Waals surface area contributed by atoms with E-state index in [1.54, 1.807) is 11.8 Å². The molecule has 1 aliphatic heterocycles. The monoisotopic (exact) mass is 228 g/mol. The number of rotatable bonds is 0. The van der Waals surface area contributed by atoms with E-state index in [0.29, 0.717) is 0 Å². The summed E-state index contributed by atoms with van der Waals surface area (Å²) in [4.78, 5) is 2.50. The fourth-order valence-electron chi connectivity index (χ4n) is 1.87. The van der Waals surface area contributed by atoms with Crippen molar-refractivity contribution in [1.29, 1.82) is 0 Å². The van der Waals surface area contributed by atoms with Crippen LogP contribution >= 0.6 is 11.8 Å². The first-order chi connectivity index (χ1) is 7.74. The summed E-state index contributed by atoms with van der Waals surface area (Å²) < 4.78 is 0. The van der Waals surface area contributed by atoms with E-state index in [1.807, 2.05) is 12.1 Å². The van der Waals surface area contributed by atoms with Crippen LogP contribution in [-0.2, 0) is 0 Å². The van der Waals surface area contributed by atoms with Gasteiger partial charge in [0.15, 0.2) is 0 Å². The van der Waals surface area contributed by atoms with Gasteiger partial charge in [0.2, 0.25) is 0 Å². The molecule has 1 aliphatic rings. The molecule has 16 heavy (non-hydrogen) atoms. The van der Waals surface area contributed by atoms with E-state index in [9.17, 15) is 0 Å². The number of hydrogen-bond donors (Lipinski definition) is 2. The Kier molecular flexibility index (Phi) is 2.07. The van der Waals surface area contributed by atoms with E-state index < -0.39 is 0 Å². The lowest BCUT2D eigenvalue weighted by atomic mass is 10.2. The summed E-state index contributed by atoms with van der Waals surface area (Å²) in [6.45, 7) is 2.11. The number of nitrogens with two attached hydrogens (primary N) is 1. The minimum atomic E-state index is 0.795. The minimum absolute atomic E-state index is 0.795. The molecular formula is C13H12N2S. The highest BCUT2D eigenvalue weighted by molar-refractivity contribution is 7.99. The molecular weight excluding hydrogens is 216 g/mol. The second-order valence-electron chi connectivity index (χ2n) is 3.93. The van der Waals surface area contributed by atoms with Gasteiger partial charge in [0.25, 0.3) is 0 Å². The summed E-state index contributed by atoms with van der Waals surface area (Å²) in [6, 6.07) is 12.3. The van der Waals surface area contributed by atoms with E-state index in [4.69, 9.17) is 5.73 Å². The van der Waals surface area contributed by atoms with E-state index in [2.05, 4.69) is 36.5 Å². The van der Waals surface area contributed by atoms with Gasteiger partial charge in [-0.25, -0.2) is 0 Å². The summed E-state index contributed by atoms with van der Waals surface area (Å²) in [6.07, 6.45) is 0. The van der Waals surface area contributed by atoms with Crippen LogP contribution in [-0.4, -0.2) is 0 Å². The number of hydrogen-bond acceptors (Lipinski definition) is 3. The van der Waals surface area contributed by atoms with Crippen LogP contribution in [0.2, 0.25) is 0 Å². The molecule has 2 aromatic rings. The van der Waals surface area contributed by atoms with Crippen molar-refractivity contribution in [2.75, 3.05) is 11.1 Å². The average Bonchev–Trinajstić information content (AvgIpc) is 2.28. The third kappa shape index (κ3) is 1.44. The predicted octanol–water partition coefficient (Wildman–Crippen LogP) is 3.79. The molecule has 3 rings (SSSR count). The van der Waals surface area contributed by atoms with Crippen LogP contribution in [0.5, 0.6) is 0 Å². The third-order valence-corrected chi connectivity index (χ3v) is 3.85. The molecule has 0 saturated carbocycles. The van der Waals surface area contributed by atoms with Gasteiger partial charge in [-0.1, -0.05) is 23.9 Å². The van der Waals surface area contributed by atoms with Crippen molar-refractivity contribution in [3.05, 3.63) is 42.0 Å². The van der Waals surface area contributed by atoms with Gasteiger partial charge in [-0.2, -0.15) is 0 Å². The van der Waals surface area contributed by atoms with Crippen LogP contribution in [0.15, 0.2) is 46.2 Å². The van der Waals surface area contributed by atoms with Gasteiger partial charge in [0, 0.05) is 15.5 Å². The number of para-hydroxylation sites is 1. The van der Waals surface area contributed by atoms with Crippen molar-refractivity contribution in [2.45, 2.75) is 16.7 Å². The maximum absolute atomic E-state index is 5.79. The van der Waals surface area contributed by atoms with Crippen molar-refractivity contribution in [3.63, 3.8) is 0 Å². The van der Waals surface area contributed by atoms with Crippen molar-refractivity contribution >= 4 is 28.8 Å². The standard InChI is InChI=1S/C13H12N2S/c1-8-3-2-4-12-13(8)15-10-7-9(14)5-6-11(10)16-12/h2-7,15H,14H2,1H3. The van der Waals surface area contributed by atoms with Crippen LogP contribution in [0.1, 0.15) is 5.56 Å². The van der Waals surface area contributed by atoms with Crippen LogP contribution in [0.4, 0.5) is 17.1 Å². The van der Waals surface area contributed by atoms with Crippen molar-refractivity contribution in [2.24, 2.45) is 0 Å². The Morgan fingerprint density at radius 3 is 2.88 bits per heavy atom. The molecule has 3 heteroatoms. The lowest BCUT2D eigenvalue weighted by molar-refractivity contribution is 1.28. The van der Waals surface area contributed by atoms with Crippen molar-refractivity contribution < 1.29 is 0 Å². The minimum Gasteiger partial charge on any atom is -0.399 e. The average molecular weight is 228 g/mol. The molecule has 0 radical (unpaired) electrons. The molecule has 0 unspecified atom stereocenters. The van der Waals surface area contributed by atoms with Crippen molar-refractivity contribution in [1.82, 2.24) is 0 Å². The zero-order chi connectivity index (χ0) is 11.1. The Morgan fingerprint density at radius 2 is 2.00 bits per heavy atom. The molecule has 0 aliphatic carbocycles. The lowest BCUT2D eigenvalue weighted by Gasteiger charge is -2.22. The van der Waals surface area contributed by atoms with Crippen LogP contribution in [0.3, 0.4) is 0 Å². The Bertz CT molecular complexity index is 564. The first kappa shape index (κ1) is 9.60. The molecule has 1 heterocycles. The van der Waals surface area contributed by atoms with Crippen LogP contribution in [0, 0.1) is 6.92 Å². The first-order valence-electron chi connectivity index (χ1n) is 5.18. The van der Waals surface area contributed by atoms with Crippen molar-refractivity contribution in [3.8, 4) is 0 Å². The Balaban J connectivity index is 2.13. The molecule has 0 aromatic heterocycles. The molecule has 0 atom stereocenters. The van der Waals surface area contributed by atoms with E-state index in [-0.39, 0.29) is 0 Å². The smallest absolute Gasteiger partial charge is 0.0556 e. The van der Waals surface area contributed by atoms with Gasteiger partial charge in [0.05, 0.1) is 11.4 Å². The molecule has 80 valence electrons. The number of nitrogen functional groups attached to an aromatic ring is 1. The van der Waals surface area contributed by atoms with Gasteiger partial charge in [0.1, 0.15) is 0 Å². The largest absolute Gasteiger partial charge is 0.399 e. The summed E-state index contributed by atoms with van der Waals surface area (Å²) in [7, 11) is 0. The summed E-state index contributed by atoms with van der Waals surface area (Å²) in [5.41, 5.74) is 10.2. The second kappa shape index (κ2) is 3.46. The molecule has 0 amide bonds. The first-order valence-corrected chi connectivity index (χ1v) is 6.00. The van der Waals surface area contributed by atoms with Gasteiger partial charge in [-0.15, -0.1) is 0 Å². The number of anilines is 3. The Morgan fingerprint density at radius 1 is 1.12 bits per heavy atom. The SMILES string of the molecule is Cc1cccc2c1Nc1cc(N)ccc1S2. The number of benzene rings is 2. The maximum atomic E-state index is 5.79. The third-order valence-electron chi connectivity index (χ3n) is 2.72. The molecule has 3 N–H and O–H groups in total. The number of nitrogens with one attached hydrogen (secondary N) is 1.